The van der Waals surface area contributed by atoms with Crippen molar-refractivity contribution in [3.8, 4) is 0 Å². The average Bonchev–Trinajstić information content (AvgIpc) is 3.27. The second kappa shape index (κ2) is 7.51. The van der Waals surface area contributed by atoms with E-state index in [1.54, 1.807) is 20.1 Å². The van der Waals surface area contributed by atoms with Gasteiger partial charge in [0.1, 0.15) is 0 Å². The zero-order valence-corrected chi connectivity index (χ0v) is 17.9. The number of esters is 1. The number of non-ortho nitro benzene ring substituents is 1. The standard InChI is InChI=1S/C23H20N4O6/c1-3-33-23(30)20-18-17(19-15-7-5-4-6-13(15)11-24-26(19)20)21(28)25(22(18)29)16-10-14(27(31)32)9-8-12(16)2/h4-11,17-20H,3H2,1-2H3. The summed E-state index contributed by atoms with van der Waals surface area (Å²) in [6, 6.07) is 9.70. The molecule has 0 saturated carbocycles. The number of benzene rings is 2. The predicted octanol–water partition coefficient (Wildman–Crippen LogP) is 2.34. The maximum absolute atomic E-state index is 13.7. The van der Waals surface area contributed by atoms with Gasteiger partial charge in [-0.15, -0.1) is 0 Å². The maximum Gasteiger partial charge on any atom is 0.331 e. The van der Waals surface area contributed by atoms with Gasteiger partial charge in [-0.1, -0.05) is 30.3 Å². The molecule has 2 aromatic rings. The molecule has 0 N–H and O–H groups in total. The highest BCUT2D eigenvalue weighted by Gasteiger charge is 2.66. The summed E-state index contributed by atoms with van der Waals surface area (Å²) in [7, 11) is 0. The maximum atomic E-state index is 13.7. The number of anilines is 1. The number of nitro groups is 1. The molecular weight excluding hydrogens is 428 g/mol. The van der Waals surface area contributed by atoms with E-state index < -0.39 is 46.6 Å². The zero-order valence-electron chi connectivity index (χ0n) is 17.9. The number of hydrogen-bond donors (Lipinski definition) is 0. The molecule has 2 fully saturated rings. The van der Waals surface area contributed by atoms with Gasteiger partial charge in [0.25, 0.3) is 5.69 Å². The van der Waals surface area contributed by atoms with Crippen molar-refractivity contribution >= 4 is 35.4 Å². The van der Waals surface area contributed by atoms with Crippen LogP contribution in [0.3, 0.4) is 0 Å². The first-order valence-electron chi connectivity index (χ1n) is 10.6. The van der Waals surface area contributed by atoms with E-state index in [2.05, 4.69) is 5.10 Å². The molecule has 2 saturated heterocycles. The van der Waals surface area contributed by atoms with Gasteiger partial charge in [-0.25, -0.2) is 9.69 Å². The Bertz CT molecular complexity index is 1240. The summed E-state index contributed by atoms with van der Waals surface area (Å²) in [6.07, 6.45) is 1.61. The second-order valence-corrected chi connectivity index (χ2v) is 8.19. The number of carbonyl (C=O) groups excluding carboxylic acids is 3. The van der Waals surface area contributed by atoms with Crippen molar-refractivity contribution in [1.82, 2.24) is 5.01 Å². The van der Waals surface area contributed by atoms with Crippen LogP contribution >= 0.6 is 0 Å². The topological polar surface area (TPSA) is 122 Å². The highest BCUT2D eigenvalue weighted by atomic mass is 16.6. The van der Waals surface area contributed by atoms with Crippen LogP contribution in [0.5, 0.6) is 0 Å². The molecule has 168 valence electrons. The number of ether oxygens (including phenoxy) is 1. The number of rotatable bonds is 4. The van der Waals surface area contributed by atoms with Crippen LogP contribution in [-0.2, 0) is 19.1 Å². The summed E-state index contributed by atoms with van der Waals surface area (Å²) >= 11 is 0. The SMILES string of the molecule is CCOC(=O)C1C2C(=O)N(c3cc([N+](=O)[O-])ccc3C)C(=O)C2C2c3ccccc3C=NN12. The number of imide groups is 1. The molecule has 33 heavy (non-hydrogen) atoms. The lowest BCUT2D eigenvalue weighted by molar-refractivity contribution is -0.384. The van der Waals surface area contributed by atoms with Gasteiger partial charge in [-0.2, -0.15) is 5.10 Å². The Morgan fingerprint density at radius 2 is 1.88 bits per heavy atom. The molecule has 3 aliphatic rings. The number of hydrazone groups is 1. The first-order chi connectivity index (χ1) is 15.8. The van der Waals surface area contributed by atoms with Crippen molar-refractivity contribution in [3.63, 3.8) is 0 Å². The Hall–Kier alpha value is -4.08. The van der Waals surface area contributed by atoms with Crippen LogP contribution in [0.2, 0.25) is 0 Å². The van der Waals surface area contributed by atoms with Gasteiger partial charge in [0.15, 0.2) is 6.04 Å². The highest BCUT2D eigenvalue weighted by molar-refractivity contribution is 6.24. The molecule has 0 aromatic heterocycles. The monoisotopic (exact) mass is 448 g/mol. The lowest BCUT2D eigenvalue weighted by Gasteiger charge is -2.33. The Morgan fingerprint density at radius 1 is 1.15 bits per heavy atom. The molecule has 0 bridgehead atoms. The highest BCUT2D eigenvalue weighted by Crippen LogP contribution is 2.53. The van der Waals surface area contributed by atoms with E-state index in [9.17, 15) is 24.5 Å². The van der Waals surface area contributed by atoms with Gasteiger partial charge in [0.2, 0.25) is 11.8 Å². The Kier molecular flexibility index (Phi) is 4.73. The van der Waals surface area contributed by atoms with E-state index in [1.165, 1.54) is 23.2 Å². The average molecular weight is 448 g/mol. The summed E-state index contributed by atoms with van der Waals surface area (Å²) < 4.78 is 5.24. The normalized spacial score (nSPS) is 25.0. The van der Waals surface area contributed by atoms with Gasteiger partial charge in [0, 0.05) is 12.1 Å². The van der Waals surface area contributed by atoms with Gasteiger partial charge in [0.05, 0.1) is 41.3 Å². The van der Waals surface area contributed by atoms with E-state index in [0.717, 1.165) is 16.0 Å². The summed E-state index contributed by atoms with van der Waals surface area (Å²) in [4.78, 5) is 52.1. The van der Waals surface area contributed by atoms with Crippen molar-refractivity contribution in [2.75, 3.05) is 11.5 Å². The second-order valence-electron chi connectivity index (χ2n) is 8.19. The quantitative estimate of drug-likeness (QED) is 0.304. The molecule has 0 aliphatic carbocycles. The molecule has 10 nitrogen and oxygen atoms in total. The number of aryl methyl sites for hydroxylation is 1. The smallest absolute Gasteiger partial charge is 0.331 e. The molecule has 10 heteroatoms. The largest absolute Gasteiger partial charge is 0.464 e. The third-order valence-electron chi connectivity index (χ3n) is 6.47. The fraction of sp³-hybridized carbons (Fsp3) is 0.304. The number of carbonyl (C=O) groups is 3. The van der Waals surface area contributed by atoms with E-state index in [0.29, 0.717) is 5.56 Å². The molecule has 0 spiro atoms. The summed E-state index contributed by atoms with van der Waals surface area (Å²) in [5.41, 5.74) is 2.04. The van der Waals surface area contributed by atoms with E-state index in [4.69, 9.17) is 4.74 Å². The van der Waals surface area contributed by atoms with Crippen LogP contribution in [0.15, 0.2) is 47.6 Å². The minimum absolute atomic E-state index is 0.112. The van der Waals surface area contributed by atoms with E-state index in [-0.39, 0.29) is 18.0 Å². The summed E-state index contributed by atoms with van der Waals surface area (Å²) in [6.45, 7) is 3.45. The van der Waals surface area contributed by atoms with E-state index in [1.807, 2.05) is 24.3 Å². The Morgan fingerprint density at radius 3 is 2.61 bits per heavy atom. The summed E-state index contributed by atoms with van der Waals surface area (Å²) in [5, 5.41) is 17.2. The van der Waals surface area contributed by atoms with Crippen molar-refractivity contribution in [1.29, 1.82) is 0 Å². The van der Waals surface area contributed by atoms with Crippen LogP contribution in [-0.4, -0.2) is 46.6 Å². The van der Waals surface area contributed by atoms with Crippen molar-refractivity contribution in [2.24, 2.45) is 16.9 Å². The van der Waals surface area contributed by atoms with Crippen LogP contribution < -0.4 is 4.90 Å². The number of amides is 2. The van der Waals surface area contributed by atoms with Crippen LogP contribution in [0, 0.1) is 28.9 Å². The first-order valence-corrected chi connectivity index (χ1v) is 10.6. The zero-order chi connectivity index (χ0) is 23.4. The molecule has 4 unspecified atom stereocenters. The Balaban J connectivity index is 1.65. The number of nitro benzene ring substituents is 1. The fourth-order valence-electron chi connectivity index (χ4n) is 5.06. The molecule has 5 rings (SSSR count). The molecule has 3 aliphatic heterocycles. The fourth-order valence-corrected chi connectivity index (χ4v) is 5.06. The number of fused-ring (bicyclic) bond motifs is 5. The summed E-state index contributed by atoms with van der Waals surface area (Å²) in [5.74, 6) is -3.64. The third kappa shape index (κ3) is 2.94. The van der Waals surface area contributed by atoms with Crippen LogP contribution in [0.4, 0.5) is 11.4 Å². The van der Waals surface area contributed by atoms with Gasteiger partial charge >= 0.3 is 5.97 Å². The molecular formula is C23H20N4O6. The molecule has 3 heterocycles. The lowest BCUT2D eigenvalue weighted by Crippen LogP contribution is -2.45. The molecule has 4 atom stereocenters. The first kappa shape index (κ1) is 20.8. The van der Waals surface area contributed by atoms with Gasteiger partial charge in [-0.05, 0) is 30.5 Å². The van der Waals surface area contributed by atoms with Crippen LogP contribution in [0.25, 0.3) is 0 Å². The van der Waals surface area contributed by atoms with Gasteiger partial charge < -0.3 is 4.74 Å². The number of nitrogens with zero attached hydrogens (tertiary/aromatic N) is 4. The predicted molar refractivity (Wildman–Crippen MR) is 116 cm³/mol. The van der Waals surface area contributed by atoms with E-state index >= 15 is 0 Å². The molecule has 0 radical (unpaired) electrons. The lowest BCUT2D eigenvalue weighted by atomic mass is 9.85. The molecule has 2 amide bonds. The minimum atomic E-state index is -1.08. The van der Waals surface area contributed by atoms with Crippen molar-refractivity contribution < 1.29 is 24.0 Å². The van der Waals surface area contributed by atoms with Crippen molar-refractivity contribution in [2.45, 2.75) is 25.9 Å². The van der Waals surface area contributed by atoms with Gasteiger partial charge in [-0.3, -0.25) is 24.7 Å². The number of hydrogen-bond acceptors (Lipinski definition) is 8. The Labute approximate surface area is 188 Å². The minimum Gasteiger partial charge on any atom is -0.464 e. The third-order valence-corrected chi connectivity index (χ3v) is 6.47. The van der Waals surface area contributed by atoms with Crippen molar-refractivity contribution in [3.05, 3.63) is 69.3 Å². The van der Waals surface area contributed by atoms with Crippen LogP contribution in [0.1, 0.15) is 29.7 Å². The molecule has 2 aromatic carbocycles.